The Hall–Kier alpha value is -3.69. The number of benzene rings is 2. The Kier molecular flexibility index (Phi) is 7.24. The molecule has 0 saturated carbocycles. The van der Waals surface area contributed by atoms with Crippen LogP contribution in [0.1, 0.15) is 17.5 Å². The summed E-state index contributed by atoms with van der Waals surface area (Å²) in [6, 6.07) is 15.9. The Labute approximate surface area is 203 Å². The van der Waals surface area contributed by atoms with Crippen LogP contribution in [0.2, 0.25) is 0 Å². The van der Waals surface area contributed by atoms with Gasteiger partial charge in [0.1, 0.15) is 11.6 Å². The standard InChI is InChI=1S/C25H19F2N3O2S2/c1-17(31)30(20-6-3-2-4-7-20)25-28-19(16-34-25)10-12-24(32)29(15-21-8-5-13-33-21)23-11-9-18(26)14-22(23)27/h2-14,16H,15H2,1H3/b12-10+. The Balaban J connectivity index is 1.58. The summed E-state index contributed by atoms with van der Waals surface area (Å²) >= 11 is 2.69. The Bertz CT molecular complexity index is 1320. The lowest BCUT2D eigenvalue weighted by atomic mass is 10.2. The highest BCUT2D eigenvalue weighted by atomic mass is 32.1. The van der Waals surface area contributed by atoms with E-state index < -0.39 is 17.5 Å². The molecule has 2 aromatic carbocycles. The number of thiazole rings is 1. The first kappa shape index (κ1) is 23.5. The summed E-state index contributed by atoms with van der Waals surface area (Å²) in [6.07, 6.45) is 2.80. The molecule has 0 aliphatic rings. The third-order valence-corrected chi connectivity index (χ3v) is 6.49. The maximum absolute atomic E-state index is 14.5. The molecule has 0 radical (unpaired) electrons. The Morgan fingerprint density at radius 1 is 1.03 bits per heavy atom. The minimum atomic E-state index is -0.825. The first-order valence-electron chi connectivity index (χ1n) is 10.2. The maximum atomic E-state index is 14.5. The van der Waals surface area contributed by atoms with Crippen LogP contribution in [0.15, 0.2) is 77.5 Å². The molecule has 0 N–H and O–H groups in total. The first-order valence-corrected chi connectivity index (χ1v) is 12.0. The van der Waals surface area contributed by atoms with Crippen LogP contribution in [-0.4, -0.2) is 16.8 Å². The SMILES string of the molecule is CC(=O)N(c1ccccc1)c1nc(/C=C/C(=O)N(Cc2cccs2)c2ccc(F)cc2F)cs1. The van der Waals surface area contributed by atoms with Crippen molar-refractivity contribution in [3.8, 4) is 0 Å². The summed E-state index contributed by atoms with van der Waals surface area (Å²) in [5.41, 5.74) is 1.14. The van der Waals surface area contributed by atoms with Crippen molar-refractivity contribution >= 4 is 57.1 Å². The van der Waals surface area contributed by atoms with Gasteiger partial charge in [-0.25, -0.2) is 13.8 Å². The van der Waals surface area contributed by atoms with Crippen LogP contribution in [0.5, 0.6) is 0 Å². The average molecular weight is 496 g/mol. The highest BCUT2D eigenvalue weighted by molar-refractivity contribution is 7.14. The van der Waals surface area contributed by atoms with Gasteiger partial charge in [-0.15, -0.1) is 22.7 Å². The number of para-hydroxylation sites is 1. The summed E-state index contributed by atoms with van der Waals surface area (Å²) in [6.45, 7) is 1.59. The lowest BCUT2D eigenvalue weighted by Gasteiger charge is -2.21. The molecular formula is C25H19F2N3O2S2. The molecule has 5 nitrogen and oxygen atoms in total. The van der Waals surface area contributed by atoms with Gasteiger partial charge in [0.2, 0.25) is 5.91 Å². The van der Waals surface area contributed by atoms with Gasteiger partial charge in [0, 0.05) is 29.3 Å². The van der Waals surface area contributed by atoms with E-state index in [-0.39, 0.29) is 18.1 Å². The molecule has 4 rings (SSSR count). The molecule has 0 fully saturated rings. The molecule has 0 spiro atoms. The van der Waals surface area contributed by atoms with Crippen molar-refractivity contribution in [3.63, 3.8) is 0 Å². The van der Waals surface area contributed by atoms with Gasteiger partial charge in [0.05, 0.1) is 23.6 Å². The zero-order chi connectivity index (χ0) is 24.1. The van der Waals surface area contributed by atoms with Crippen molar-refractivity contribution in [2.24, 2.45) is 0 Å². The number of nitrogens with zero attached hydrogens (tertiary/aromatic N) is 3. The number of hydrogen-bond acceptors (Lipinski definition) is 5. The fourth-order valence-corrected chi connectivity index (χ4v) is 4.79. The van der Waals surface area contributed by atoms with Crippen LogP contribution in [0.3, 0.4) is 0 Å². The molecule has 172 valence electrons. The zero-order valence-electron chi connectivity index (χ0n) is 18.0. The van der Waals surface area contributed by atoms with Crippen LogP contribution in [0.4, 0.5) is 25.3 Å². The number of aromatic nitrogens is 1. The van der Waals surface area contributed by atoms with E-state index in [9.17, 15) is 18.4 Å². The van der Waals surface area contributed by atoms with Crippen molar-refractivity contribution in [1.29, 1.82) is 0 Å². The van der Waals surface area contributed by atoms with Gasteiger partial charge >= 0.3 is 0 Å². The molecule has 0 atom stereocenters. The maximum Gasteiger partial charge on any atom is 0.251 e. The number of hydrogen-bond donors (Lipinski definition) is 0. The van der Waals surface area contributed by atoms with Crippen molar-refractivity contribution in [2.75, 3.05) is 9.80 Å². The van der Waals surface area contributed by atoms with Gasteiger partial charge in [-0.05, 0) is 41.8 Å². The molecule has 0 aliphatic heterocycles. The molecule has 4 aromatic rings. The third kappa shape index (κ3) is 5.44. The van der Waals surface area contributed by atoms with Crippen LogP contribution in [0.25, 0.3) is 6.08 Å². The fourth-order valence-electron chi connectivity index (χ4n) is 3.25. The lowest BCUT2D eigenvalue weighted by molar-refractivity contribution is -0.116. The van der Waals surface area contributed by atoms with Crippen molar-refractivity contribution in [3.05, 3.63) is 99.7 Å². The predicted molar refractivity (Wildman–Crippen MR) is 132 cm³/mol. The number of thiophene rings is 1. The second-order valence-corrected chi connectivity index (χ2v) is 9.05. The highest BCUT2D eigenvalue weighted by Gasteiger charge is 2.20. The molecule has 0 aliphatic carbocycles. The van der Waals surface area contributed by atoms with Gasteiger partial charge < -0.3 is 4.90 Å². The van der Waals surface area contributed by atoms with E-state index in [0.717, 1.165) is 17.0 Å². The molecule has 2 heterocycles. The van der Waals surface area contributed by atoms with Crippen LogP contribution >= 0.6 is 22.7 Å². The quantitative estimate of drug-likeness (QED) is 0.278. The number of carbonyl (C=O) groups is 2. The van der Waals surface area contributed by atoms with E-state index in [4.69, 9.17) is 0 Å². The number of amides is 2. The summed E-state index contributed by atoms with van der Waals surface area (Å²) in [4.78, 5) is 33.3. The van der Waals surface area contributed by atoms with E-state index in [1.807, 2.05) is 47.8 Å². The first-order chi connectivity index (χ1) is 16.4. The lowest BCUT2D eigenvalue weighted by Crippen LogP contribution is -2.29. The van der Waals surface area contributed by atoms with Gasteiger partial charge in [-0.1, -0.05) is 24.3 Å². The minimum Gasteiger partial charge on any atom is -0.301 e. The smallest absolute Gasteiger partial charge is 0.251 e. The van der Waals surface area contributed by atoms with Crippen molar-refractivity contribution in [2.45, 2.75) is 13.5 Å². The number of anilines is 3. The van der Waals surface area contributed by atoms with Crippen LogP contribution < -0.4 is 9.80 Å². The van der Waals surface area contributed by atoms with Crippen molar-refractivity contribution in [1.82, 2.24) is 4.98 Å². The summed E-state index contributed by atoms with van der Waals surface area (Å²) in [5, 5.41) is 4.05. The summed E-state index contributed by atoms with van der Waals surface area (Å²) in [5.74, 6) is -2.22. The van der Waals surface area contributed by atoms with E-state index in [1.165, 1.54) is 57.6 Å². The zero-order valence-corrected chi connectivity index (χ0v) is 19.7. The topological polar surface area (TPSA) is 53.5 Å². The molecule has 0 bridgehead atoms. The number of halogens is 2. The minimum absolute atomic E-state index is 0.0183. The molecule has 9 heteroatoms. The summed E-state index contributed by atoms with van der Waals surface area (Å²) < 4.78 is 27.9. The van der Waals surface area contributed by atoms with Crippen LogP contribution in [0, 0.1) is 11.6 Å². The second-order valence-electron chi connectivity index (χ2n) is 7.18. The molecule has 0 unspecified atom stereocenters. The fraction of sp³-hybridized carbons (Fsp3) is 0.0800. The number of carbonyl (C=O) groups excluding carboxylic acids is 2. The second kappa shape index (κ2) is 10.5. The van der Waals surface area contributed by atoms with Gasteiger partial charge in [-0.2, -0.15) is 0 Å². The van der Waals surface area contributed by atoms with Gasteiger partial charge in [0.15, 0.2) is 5.13 Å². The Morgan fingerprint density at radius 3 is 2.50 bits per heavy atom. The Morgan fingerprint density at radius 2 is 1.82 bits per heavy atom. The molecule has 2 amide bonds. The van der Waals surface area contributed by atoms with Gasteiger partial charge in [0.25, 0.3) is 5.91 Å². The normalized spacial score (nSPS) is 11.0. The highest BCUT2D eigenvalue weighted by Crippen LogP contribution is 2.29. The number of rotatable bonds is 7. The molecule has 0 saturated heterocycles. The van der Waals surface area contributed by atoms with E-state index in [1.54, 1.807) is 5.38 Å². The van der Waals surface area contributed by atoms with Gasteiger partial charge in [-0.3, -0.25) is 14.5 Å². The van der Waals surface area contributed by atoms with Crippen LogP contribution in [-0.2, 0) is 16.1 Å². The largest absolute Gasteiger partial charge is 0.301 e. The summed E-state index contributed by atoms with van der Waals surface area (Å²) in [7, 11) is 0. The van der Waals surface area contributed by atoms with E-state index in [2.05, 4.69) is 4.98 Å². The third-order valence-electron chi connectivity index (χ3n) is 4.79. The predicted octanol–water partition coefficient (Wildman–Crippen LogP) is 6.41. The van der Waals surface area contributed by atoms with E-state index >= 15 is 0 Å². The monoisotopic (exact) mass is 495 g/mol. The van der Waals surface area contributed by atoms with Crippen molar-refractivity contribution < 1.29 is 18.4 Å². The average Bonchev–Trinajstić information content (AvgIpc) is 3.49. The van der Waals surface area contributed by atoms with E-state index in [0.29, 0.717) is 16.5 Å². The molecular weight excluding hydrogens is 476 g/mol. The molecule has 2 aromatic heterocycles. The molecule has 34 heavy (non-hydrogen) atoms.